The van der Waals surface area contributed by atoms with Crippen LogP contribution in [0.4, 0.5) is 0 Å². The molecular formula is C15H23NO2. The summed E-state index contributed by atoms with van der Waals surface area (Å²) in [6.45, 7) is 8.38. The van der Waals surface area contributed by atoms with Crippen LogP contribution in [-0.4, -0.2) is 25.8 Å². The highest BCUT2D eigenvalue weighted by Crippen LogP contribution is 2.32. The fraction of sp³-hybridized carbons (Fsp3) is 0.600. The van der Waals surface area contributed by atoms with E-state index < -0.39 is 0 Å². The first kappa shape index (κ1) is 13.4. The van der Waals surface area contributed by atoms with Gasteiger partial charge in [-0.3, -0.25) is 0 Å². The van der Waals surface area contributed by atoms with E-state index in [0.717, 1.165) is 18.8 Å². The first-order valence-corrected chi connectivity index (χ1v) is 6.57. The molecule has 0 amide bonds. The number of hydrogen-bond acceptors (Lipinski definition) is 3. The predicted octanol–water partition coefficient (Wildman–Crippen LogP) is 2.77. The van der Waals surface area contributed by atoms with Gasteiger partial charge in [-0.15, -0.1) is 0 Å². The van der Waals surface area contributed by atoms with Crippen molar-refractivity contribution in [2.75, 3.05) is 20.2 Å². The quantitative estimate of drug-likeness (QED) is 0.893. The van der Waals surface area contributed by atoms with Gasteiger partial charge < -0.3 is 14.8 Å². The van der Waals surface area contributed by atoms with Gasteiger partial charge in [-0.05, 0) is 30.5 Å². The molecule has 0 spiro atoms. The molecule has 2 atom stereocenters. The zero-order valence-electron chi connectivity index (χ0n) is 11.7. The van der Waals surface area contributed by atoms with E-state index in [2.05, 4.69) is 38.2 Å². The van der Waals surface area contributed by atoms with E-state index in [9.17, 15) is 0 Å². The van der Waals surface area contributed by atoms with Crippen LogP contribution >= 0.6 is 0 Å². The van der Waals surface area contributed by atoms with E-state index in [4.69, 9.17) is 9.47 Å². The van der Waals surface area contributed by atoms with Gasteiger partial charge in [0.2, 0.25) is 0 Å². The molecule has 3 heteroatoms. The molecule has 100 valence electrons. The molecule has 2 unspecified atom stereocenters. The van der Waals surface area contributed by atoms with Crippen molar-refractivity contribution in [1.29, 1.82) is 0 Å². The summed E-state index contributed by atoms with van der Waals surface area (Å²) in [4.78, 5) is 0. The summed E-state index contributed by atoms with van der Waals surface area (Å²) < 4.78 is 11.5. The number of methoxy groups -OCH3 is 1. The van der Waals surface area contributed by atoms with Gasteiger partial charge in [0.15, 0.2) is 0 Å². The van der Waals surface area contributed by atoms with Gasteiger partial charge >= 0.3 is 0 Å². The smallest absolute Gasteiger partial charge is 0.118 e. The van der Waals surface area contributed by atoms with Gasteiger partial charge in [0.05, 0.1) is 18.8 Å². The molecule has 1 aromatic rings. The number of nitrogens with one attached hydrogen (secondary N) is 1. The molecule has 0 bridgehead atoms. The average molecular weight is 249 g/mol. The summed E-state index contributed by atoms with van der Waals surface area (Å²) in [7, 11) is 1.68. The highest BCUT2D eigenvalue weighted by Gasteiger charge is 2.36. The van der Waals surface area contributed by atoms with E-state index in [0.29, 0.717) is 5.92 Å². The zero-order chi connectivity index (χ0) is 13.2. The topological polar surface area (TPSA) is 30.5 Å². The lowest BCUT2D eigenvalue weighted by Crippen LogP contribution is -2.52. The lowest BCUT2D eigenvalue weighted by Gasteiger charge is -2.42. The van der Waals surface area contributed by atoms with Gasteiger partial charge in [0, 0.05) is 13.1 Å². The minimum Gasteiger partial charge on any atom is -0.497 e. The van der Waals surface area contributed by atoms with Crippen molar-refractivity contribution in [1.82, 2.24) is 5.32 Å². The molecule has 0 radical (unpaired) electrons. The fourth-order valence-electron chi connectivity index (χ4n) is 2.20. The molecule has 1 heterocycles. The maximum atomic E-state index is 6.29. The number of rotatable bonds is 3. The van der Waals surface area contributed by atoms with Crippen LogP contribution in [0.3, 0.4) is 0 Å². The van der Waals surface area contributed by atoms with Gasteiger partial charge in [-0.2, -0.15) is 0 Å². The number of morpholine rings is 1. The molecule has 1 aromatic carbocycles. The van der Waals surface area contributed by atoms with E-state index in [1.807, 2.05) is 12.1 Å². The first-order valence-electron chi connectivity index (χ1n) is 6.57. The Morgan fingerprint density at radius 2 is 2.00 bits per heavy atom. The van der Waals surface area contributed by atoms with Crippen LogP contribution in [0.25, 0.3) is 0 Å². The fourth-order valence-corrected chi connectivity index (χ4v) is 2.20. The van der Waals surface area contributed by atoms with Crippen LogP contribution in [0.2, 0.25) is 0 Å². The Labute approximate surface area is 109 Å². The Morgan fingerprint density at radius 3 is 2.56 bits per heavy atom. The molecule has 1 saturated heterocycles. The van der Waals surface area contributed by atoms with E-state index in [1.54, 1.807) is 7.11 Å². The van der Waals surface area contributed by atoms with Gasteiger partial charge in [-0.25, -0.2) is 0 Å². The summed E-state index contributed by atoms with van der Waals surface area (Å²) in [5.41, 5.74) is 1.11. The van der Waals surface area contributed by atoms with Crippen LogP contribution < -0.4 is 10.1 Å². The molecule has 1 aliphatic heterocycles. The molecular weight excluding hydrogens is 226 g/mol. The second-order valence-electron chi connectivity index (χ2n) is 5.48. The van der Waals surface area contributed by atoms with Crippen molar-refractivity contribution in [3.05, 3.63) is 29.8 Å². The SMILES string of the molecule is COc1ccc(C2CNCC(C)(C(C)C)O2)cc1. The third-order valence-corrected chi connectivity index (χ3v) is 3.93. The van der Waals surface area contributed by atoms with Crippen molar-refractivity contribution >= 4 is 0 Å². The maximum absolute atomic E-state index is 6.29. The Kier molecular flexibility index (Phi) is 3.93. The van der Waals surface area contributed by atoms with E-state index in [1.165, 1.54) is 5.56 Å². The highest BCUT2D eigenvalue weighted by atomic mass is 16.5. The number of hydrogen-bond donors (Lipinski definition) is 1. The van der Waals surface area contributed by atoms with Crippen LogP contribution in [0.5, 0.6) is 5.75 Å². The van der Waals surface area contributed by atoms with Crippen LogP contribution in [0, 0.1) is 5.92 Å². The van der Waals surface area contributed by atoms with E-state index in [-0.39, 0.29) is 11.7 Å². The summed E-state index contributed by atoms with van der Waals surface area (Å²) in [6.07, 6.45) is 0.122. The third kappa shape index (κ3) is 2.68. The Morgan fingerprint density at radius 1 is 1.33 bits per heavy atom. The lowest BCUT2D eigenvalue weighted by molar-refractivity contribution is -0.132. The molecule has 2 rings (SSSR count). The Balaban J connectivity index is 2.12. The minimum atomic E-state index is -0.0944. The van der Waals surface area contributed by atoms with Gasteiger partial charge in [-0.1, -0.05) is 26.0 Å². The molecule has 0 aromatic heterocycles. The summed E-state index contributed by atoms with van der Waals surface area (Å²) in [5, 5.41) is 3.48. The molecule has 1 N–H and O–H groups in total. The number of benzene rings is 1. The van der Waals surface area contributed by atoms with E-state index >= 15 is 0 Å². The van der Waals surface area contributed by atoms with Crippen LogP contribution in [-0.2, 0) is 4.74 Å². The standard InChI is InChI=1S/C15H23NO2/c1-11(2)15(3)10-16-9-14(18-15)12-5-7-13(17-4)8-6-12/h5-8,11,14,16H,9-10H2,1-4H3. The predicted molar refractivity (Wildman–Crippen MR) is 72.9 cm³/mol. The number of ether oxygens (including phenoxy) is 2. The normalized spacial score (nSPS) is 28.4. The molecule has 0 saturated carbocycles. The van der Waals surface area contributed by atoms with Gasteiger partial charge in [0.25, 0.3) is 0 Å². The summed E-state index contributed by atoms with van der Waals surface area (Å²) in [5.74, 6) is 1.38. The molecule has 0 aliphatic carbocycles. The summed E-state index contributed by atoms with van der Waals surface area (Å²) in [6, 6.07) is 8.13. The third-order valence-electron chi connectivity index (χ3n) is 3.93. The monoisotopic (exact) mass is 249 g/mol. The minimum absolute atomic E-state index is 0.0944. The Bertz CT molecular complexity index is 388. The van der Waals surface area contributed by atoms with Gasteiger partial charge in [0.1, 0.15) is 5.75 Å². The molecule has 3 nitrogen and oxygen atoms in total. The Hall–Kier alpha value is -1.06. The lowest BCUT2D eigenvalue weighted by atomic mass is 9.90. The van der Waals surface area contributed by atoms with Crippen molar-refractivity contribution in [3.63, 3.8) is 0 Å². The largest absolute Gasteiger partial charge is 0.497 e. The second kappa shape index (κ2) is 5.29. The maximum Gasteiger partial charge on any atom is 0.118 e. The first-order chi connectivity index (χ1) is 8.55. The second-order valence-corrected chi connectivity index (χ2v) is 5.48. The van der Waals surface area contributed by atoms with Crippen LogP contribution in [0.15, 0.2) is 24.3 Å². The summed E-state index contributed by atoms with van der Waals surface area (Å²) >= 11 is 0. The van der Waals surface area contributed by atoms with Crippen molar-refractivity contribution < 1.29 is 9.47 Å². The molecule has 1 fully saturated rings. The van der Waals surface area contributed by atoms with Crippen molar-refractivity contribution in [2.24, 2.45) is 5.92 Å². The van der Waals surface area contributed by atoms with Crippen LogP contribution in [0.1, 0.15) is 32.4 Å². The molecule has 1 aliphatic rings. The molecule has 18 heavy (non-hydrogen) atoms. The zero-order valence-corrected chi connectivity index (χ0v) is 11.7. The average Bonchev–Trinajstić information content (AvgIpc) is 2.39. The van der Waals surface area contributed by atoms with Crippen molar-refractivity contribution in [2.45, 2.75) is 32.5 Å². The highest BCUT2D eigenvalue weighted by molar-refractivity contribution is 5.29. The van der Waals surface area contributed by atoms with Crippen molar-refractivity contribution in [3.8, 4) is 5.75 Å².